The minimum Gasteiger partial charge on any atom is -0.454 e. The maximum atomic E-state index is 14.6. The first kappa shape index (κ1) is 32.7. The molecule has 0 radical (unpaired) electrons. The molecule has 4 aliphatic carbocycles. The number of aliphatic hydroxyl groups excluding tert-OH is 1. The fourth-order valence-corrected chi connectivity index (χ4v) is 12.3. The molecule has 1 aromatic rings. The van der Waals surface area contributed by atoms with Crippen molar-refractivity contribution in [3.63, 3.8) is 0 Å². The van der Waals surface area contributed by atoms with Crippen LogP contribution in [-0.2, 0) is 16.1 Å². The second-order valence-corrected chi connectivity index (χ2v) is 17.4. The molecule has 0 amide bonds. The Balaban J connectivity index is 0.876. The molecule has 0 bridgehead atoms. The molecule has 49 heavy (non-hydrogen) atoms. The van der Waals surface area contributed by atoms with E-state index in [1.165, 1.54) is 16.7 Å². The van der Waals surface area contributed by atoms with E-state index in [1.807, 2.05) is 6.07 Å². The highest BCUT2D eigenvalue weighted by atomic mass is 16.7. The Morgan fingerprint density at radius 2 is 1.80 bits per heavy atom. The van der Waals surface area contributed by atoms with Crippen LogP contribution in [0.1, 0.15) is 78.2 Å². The van der Waals surface area contributed by atoms with Crippen LogP contribution in [0.4, 0.5) is 0 Å². The minimum atomic E-state index is -0.326. The second kappa shape index (κ2) is 12.2. The van der Waals surface area contributed by atoms with Crippen molar-refractivity contribution in [3.8, 4) is 11.5 Å². The van der Waals surface area contributed by atoms with Gasteiger partial charge < -0.3 is 19.3 Å². The van der Waals surface area contributed by atoms with Crippen molar-refractivity contribution in [2.75, 3.05) is 52.6 Å². The average molecular weight is 672 g/mol. The summed E-state index contributed by atoms with van der Waals surface area (Å²) in [6.45, 7) is 18.4. The molecule has 2 saturated carbocycles. The molecule has 266 valence electrons. The van der Waals surface area contributed by atoms with E-state index in [1.54, 1.807) is 0 Å². The van der Waals surface area contributed by atoms with Crippen molar-refractivity contribution >= 4 is 5.78 Å². The summed E-state index contributed by atoms with van der Waals surface area (Å²) < 4.78 is 18.4. The number of hydrogen-bond donors (Lipinski definition) is 1. The summed E-state index contributed by atoms with van der Waals surface area (Å²) in [7, 11) is 0. The summed E-state index contributed by atoms with van der Waals surface area (Å²) in [4.78, 5) is 22.6. The van der Waals surface area contributed by atoms with Gasteiger partial charge in [0.05, 0.1) is 17.8 Å². The molecule has 10 atom stereocenters. The number of piperazine rings is 1. The quantitative estimate of drug-likeness (QED) is 0.415. The summed E-state index contributed by atoms with van der Waals surface area (Å²) in [5.74, 6) is 3.95. The van der Waals surface area contributed by atoms with E-state index in [0.29, 0.717) is 42.3 Å². The number of benzene rings is 1. The van der Waals surface area contributed by atoms with Crippen molar-refractivity contribution in [2.45, 2.75) is 103 Å². The molecule has 4 aliphatic heterocycles. The van der Waals surface area contributed by atoms with Crippen LogP contribution in [0, 0.1) is 35.0 Å². The van der Waals surface area contributed by atoms with Gasteiger partial charge in [-0.05, 0) is 98.3 Å². The lowest BCUT2D eigenvalue weighted by atomic mass is 9.56. The number of Topliss-reactive ketones (excluding diaryl/α,β-unsaturated/α-hetero) is 1. The standard InChI is InChI=1S/C41H57N3O5/c1-25-19-35-38(44(22-25)18-17-42-13-15-43(16-14-42)23-28-5-8-33-34(20-28)48-24-47-33)27(3)41(49-35)12-10-31-32-7-6-29-21-30(45)9-11-40(29,4)37(32)39(46)36(31)26(41)2/h5-6,8,20,25,27,30-32,35,37-38,45H,7,9-19,21-24H2,1-4H3/t25-,27+,30-,31-,32-,35+,37+,38-,40-,41-/m0/s1. The number of rotatable bonds is 5. The van der Waals surface area contributed by atoms with Gasteiger partial charge in [0.1, 0.15) is 0 Å². The van der Waals surface area contributed by atoms with Gasteiger partial charge in [-0.2, -0.15) is 0 Å². The summed E-state index contributed by atoms with van der Waals surface area (Å²) >= 11 is 0. The number of allylic oxidation sites excluding steroid dienone is 2. The van der Waals surface area contributed by atoms with Gasteiger partial charge >= 0.3 is 0 Å². The average Bonchev–Trinajstić information content (AvgIpc) is 3.75. The summed E-state index contributed by atoms with van der Waals surface area (Å²) in [6, 6.07) is 6.74. The Morgan fingerprint density at radius 1 is 1.00 bits per heavy atom. The van der Waals surface area contributed by atoms with Gasteiger partial charge in [-0.3, -0.25) is 19.5 Å². The van der Waals surface area contributed by atoms with Crippen molar-refractivity contribution < 1.29 is 24.1 Å². The molecule has 1 spiro atoms. The molecule has 8 aliphatic rings. The van der Waals surface area contributed by atoms with E-state index in [-0.39, 0.29) is 29.1 Å². The van der Waals surface area contributed by atoms with Crippen molar-refractivity contribution in [1.29, 1.82) is 0 Å². The predicted molar refractivity (Wildman–Crippen MR) is 188 cm³/mol. The zero-order chi connectivity index (χ0) is 33.7. The first-order chi connectivity index (χ1) is 23.6. The Kier molecular flexibility index (Phi) is 8.12. The largest absolute Gasteiger partial charge is 0.454 e. The Hall–Kier alpha value is -2.23. The molecule has 8 nitrogen and oxygen atoms in total. The number of aliphatic hydroxyl groups is 1. The van der Waals surface area contributed by atoms with Gasteiger partial charge in [0.25, 0.3) is 0 Å². The zero-order valence-electron chi connectivity index (χ0n) is 30.2. The molecule has 9 rings (SSSR count). The van der Waals surface area contributed by atoms with Gasteiger partial charge in [0.2, 0.25) is 6.79 Å². The first-order valence-electron chi connectivity index (χ1n) is 19.5. The van der Waals surface area contributed by atoms with E-state index in [4.69, 9.17) is 14.2 Å². The summed E-state index contributed by atoms with van der Waals surface area (Å²) in [5, 5.41) is 10.5. The maximum absolute atomic E-state index is 14.6. The van der Waals surface area contributed by atoms with Crippen molar-refractivity contribution in [2.24, 2.45) is 35.0 Å². The summed E-state index contributed by atoms with van der Waals surface area (Å²) in [6.07, 6.45) is 9.09. The monoisotopic (exact) mass is 671 g/mol. The number of nitrogens with zero attached hydrogens (tertiary/aromatic N) is 3. The van der Waals surface area contributed by atoms with Crippen LogP contribution in [0.3, 0.4) is 0 Å². The molecule has 0 aromatic heterocycles. The highest BCUT2D eigenvalue weighted by molar-refractivity contribution is 6.02. The molecule has 5 fully saturated rings. The zero-order valence-corrected chi connectivity index (χ0v) is 30.2. The summed E-state index contributed by atoms with van der Waals surface area (Å²) in [5.41, 5.74) is 4.63. The fraction of sp³-hybridized carbons (Fsp3) is 0.732. The van der Waals surface area contributed by atoms with Gasteiger partial charge in [-0.15, -0.1) is 0 Å². The number of carbonyl (C=O) groups is 1. The third kappa shape index (κ3) is 5.21. The molecular formula is C41H57N3O5. The number of ketones is 1. The number of likely N-dealkylation sites (tertiary alicyclic amines) is 1. The van der Waals surface area contributed by atoms with E-state index < -0.39 is 0 Å². The molecule has 3 saturated heterocycles. The first-order valence-corrected chi connectivity index (χ1v) is 19.5. The molecule has 4 heterocycles. The van der Waals surface area contributed by atoms with Crippen molar-refractivity contribution in [3.05, 3.63) is 46.6 Å². The Labute approximate surface area is 292 Å². The lowest BCUT2D eigenvalue weighted by Gasteiger charge is -2.48. The number of carbonyl (C=O) groups excluding carboxylic acids is 1. The number of piperidine rings is 1. The van der Waals surface area contributed by atoms with Crippen LogP contribution >= 0.6 is 0 Å². The van der Waals surface area contributed by atoms with E-state index >= 15 is 0 Å². The Morgan fingerprint density at radius 3 is 2.63 bits per heavy atom. The molecular weight excluding hydrogens is 614 g/mol. The van der Waals surface area contributed by atoms with Gasteiger partial charge in [0.15, 0.2) is 17.3 Å². The lowest BCUT2D eigenvalue weighted by molar-refractivity contribution is -0.123. The molecule has 0 unspecified atom stereocenters. The molecule has 1 N–H and O–H groups in total. The maximum Gasteiger partial charge on any atom is 0.231 e. The smallest absolute Gasteiger partial charge is 0.231 e. The van der Waals surface area contributed by atoms with Crippen LogP contribution in [0.15, 0.2) is 41.0 Å². The molecule has 1 aromatic carbocycles. The topological polar surface area (TPSA) is 74.7 Å². The normalized spacial score (nSPS) is 42.2. The highest BCUT2D eigenvalue weighted by Crippen LogP contribution is 2.64. The van der Waals surface area contributed by atoms with Crippen molar-refractivity contribution in [1.82, 2.24) is 14.7 Å². The lowest BCUT2D eigenvalue weighted by Crippen LogP contribution is -2.55. The number of hydrogen-bond acceptors (Lipinski definition) is 8. The van der Waals surface area contributed by atoms with Gasteiger partial charge in [-0.1, -0.05) is 38.5 Å². The highest BCUT2D eigenvalue weighted by Gasteiger charge is 2.64. The van der Waals surface area contributed by atoms with Crippen LogP contribution in [0.2, 0.25) is 0 Å². The fourth-order valence-electron chi connectivity index (χ4n) is 12.3. The van der Waals surface area contributed by atoms with Gasteiger partial charge in [0, 0.05) is 75.8 Å². The third-order valence-corrected chi connectivity index (χ3v) is 14.8. The van der Waals surface area contributed by atoms with E-state index in [9.17, 15) is 9.90 Å². The van der Waals surface area contributed by atoms with Crippen LogP contribution in [0.25, 0.3) is 0 Å². The van der Waals surface area contributed by atoms with Crippen LogP contribution in [0.5, 0.6) is 11.5 Å². The SMILES string of the molecule is CC1=C2C(=O)[C@H]3[C@@H](CC=C4C[C@@H](O)CC[C@@]43C)[C@@H]2CC[C@]12O[C@@H]1C[C@H](C)CN(CCN3CCN(Cc4ccc5c(c4)OCO5)CC3)[C@H]1[C@H]2C. The van der Waals surface area contributed by atoms with Crippen LogP contribution in [-0.4, -0.2) is 102 Å². The van der Waals surface area contributed by atoms with E-state index in [2.05, 4.69) is 60.6 Å². The van der Waals surface area contributed by atoms with Crippen LogP contribution < -0.4 is 9.47 Å². The number of ether oxygens (including phenoxy) is 3. The third-order valence-electron chi connectivity index (χ3n) is 14.8. The van der Waals surface area contributed by atoms with Gasteiger partial charge in [-0.25, -0.2) is 0 Å². The Bertz CT molecular complexity index is 1550. The second-order valence-electron chi connectivity index (χ2n) is 17.4. The minimum absolute atomic E-state index is 0.0677. The van der Waals surface area contributed by atoms with E-state index in [0.717, 1.165) is 114 Å². The number of fused-ring (bicyclic) bond motifs is 7. The molecule has 8 heteroatoms. The predicted octanol–water partition coefficient (Wildman–Crippen LogP) is 5.44.